The molecule has 0 aromatic carbocycles. The predicted molar refractivity (Wildman–Crippen MR) is 33.6 cm³/mol. The van der Waals surface area contributed by atoms with E-state index in [0.29, 0.717) is 9.46 Å². The first-order valence-corrected chi connectivity index (χ1v) is 2.70. The molecule has 0 bridgehead atoms. The van der Waals surface area contributed by atoms with Crippen molar-refractivity contribution in [3.05, 3.63) is 5.62 Å². The molecule has 0 aliphatic heterocycles. The summed E-state index contributed by atoms with van der Waals surface area (Å²) in [5.74, 6) is -0.391. The van der Waals surface area contributed by atoms with Crippen molar-refractivity contribution in [1.82, 2.24) is 9.46 Å². The van der Waals surface area contributed by atoms with Crippen molar-refractivity contribution >= 4 is 5.82 Å². The molecular formula is C4H8N4O3. The highest BCUT2D eigenvalue weighted by atomic mass is 16.6. The Morgan fingerprint density at radius 2 is 2.00 bits per heavy atom. The fourth-order valence-electron chi connectivity index (χ4n) is 0.690. The second-order valence-electron chi connectivity index (χ2n) is 1.84. The summed E-state index contributed by atoms with van der Waals surface area (Å²) in [6.45, 7) is 0. The van der Waals surface area contributed by atoms with E-state index in [9.17, 15) is 0 Å². The Morgan fingerprint density at radius 1 is 1.45 bits per heavy atom. The zero-order valence-electron chi connectivity index (χ0n) is 5.77. The second-order valence-corrected chi connectivity index (χ2v) is 1.84. The molecule has 1 rings (SSSR count). The number of methoxy groups -OCH3 is 1. The van der Waals surface area contributed by atoms with Crippen LogP contribution < -0.4 is 16.1 Å². The molecule has 0 atom stereocenters. The number of nitrogen functional groups attached to an aromatic ring is 1. The van der Waals surface area contributed by atoms with Gasteiger partial charge in [0.15, 0.2) is 0 Å². The first kappa shape index (κ1) is 7.32. The summed E-state index contributed by atoms with van der Waals surface area (Å²) in [4.78, 5) is 0. The standard InChI is InChI=1S/C4H8N4O3/c1-11-3-2(5)7(9)4(6)8(3)10/h6,9-10H,5H2,1H3. The number of nitrogens with two attached hydrogens (primary N) is 1. The van der Waals surface area contributed by atoms with Crippen LogP contribution in [0.5, 0.6) is 5.88 Å². The number of ether oxygens (including phenoxy) is 1. The molecule has 0 spiro atoms. The van der Waals surface area contributed by atoms with E-state index in [1.54, 1.807) is 0 Å². The zero-order valence-corrected chi connectivity index (χ0v) is 5.77. The van der Waals surface area contributed by atoms with Crippen LogP contribution in [0.15, 0.2) is 0 Å². The molecular weight excluding hydrogens is 152 g/mol. The van der Waals surface area contributed by atoms with Crippen molar-refractivity contribution in [2.24, 2.45) is 0 Å². The number of aromatic nitrogens is 2. The molecule has 11 heavy (non-hydrogen) atoms. The van der Waals surface area contributed by atoms with Crippen LogP contribution in [0.2, 0.25) is 0 Å². The van der Waals surface area contributed by atoms with Crippen LogP contribution in [0.3, 0.4) is 0 Å². The summed E-state index contributed by atoms with van der Waals surface area (Å²) in [6, 6.07) is 0. The average Bonchev–Trinajstić information content (AvgIpc) is 2.17. The summed E-state index contributed by atoms with van der Waals surface area (Å²) >= 11 is 0. The molecule has 0 fully saturated rings. The van der Waals surface area contributed by atoms with E-state index in [-0.39, 0.29) is 11.7 Å². The van der Waals surface area contributed by atoms with E-state index in [0.717, 1.165) is 0 Å². The molecule has 7 nitrogen and oxygen atoms in total. The van der Waals surface area contributed by atoms with Gasteiger partial charge in [-0.1, -0.05) is 0 Å². The fraction of sp³-hybridized carbons (Fsp3) is 0.250. The largest absolute Gasteiger partial charge is 0.477 e. The Morgan fingerprint density at radius 3 is 2.18 bits per heavy atom. The number of hydrogen-bond donors (Lipinski definition) is 4. The van der Waals surface area contributed by atoms with E-state index in [2.05, 4.69) is 4.74 Å². The maximum Gasteiger partial charge on any atom is 0.275 e. The highest BCUT2D eigenvalue weighted by molar-refractivity contribution is 5.40. The molecule has 0 amide bonds. The Balaban J connectivity index is 3.48. The Hall–Kier alpha value is -1.79. The number of hydrogen-bond acceptors (Lipinski definition) is 5. The highest BCUT2D eigenvalue weighted by Gasteiger charge is 2.14. The van der Waals surface area contributed by atoms with Crippen molar-refractivity contribution in [3.8, 4) is 5.88 Å². The molecule has 0 radical (unpaired) electrons. The van der Waals surface area contributed by atoms with Crippen LogP contribution >= 0.6 is 0 Å². The topological polar surface area (TPSA) is 109 Å². The predicted octanol–water partition coefficient (Wildman–Crippen LogP) is -1.17. The smallest absolute Gasteiger partial charge is 0.275 e. The van der Waals surface area contributed by atoms with Gasteiger partial charge >= 0.3 is 0 Å². The highest BCUT2D eigenvalue weighted by Crippen LogP contribution is 2.15. The lowest BCUT2D eigenvalue weighted by Crippen LogP contribution is -2.22. The Bertz CT molecular complexity index is 325. The van der Waals surface area contributed by atoms with Gasteiger partial charge in [-0.2, -0.15) is 0 Å². The van der Waals surface area contributed by atoms with Gasteiger partial charge in [0, 0.05) is 0 Å². The fourth-order valence-corrected chi connectivity index (χ4v) is 0.690. The van der Waals surface area contributed by atoms with Crippen molar-refractivity contribution in [3.63, 3.8) is 0 Å². The molecule has 5 N–H and O–H groups in total. The number of anilines is 1. The van der Waals surface area contributed by atoms with Crippen LogP contribution in [0, 0.1) is 5.41 Å². The summed E-state index contributed by atoms with van der Waals surface area (Å²) in [6.07, 6.45) is 0. The average molecular weight is 160 g/mol. The van der Waals surface area contributed by atoms with Gasteiger partial charge in [-0.3, -0.25) is 5.41 Å². The van der Waals surface area contributed by atoms with E-state index < -0.39 is 5.62 Å². The molecule has 0 unspecified atom stereocenters. The normalized spacial score (nSPS) is 9.91. The maximum absolute atomic E-state index is 8.94. The third-order valence-corrected chi connectivity index (χ3v) is 1.23. The lowest BCUT2D eigenvalue weighted by atomic mass is 10.7. The minimum absolute atomic E-state index is 0.169. The molecule has 1 aromatic rings. The molecule has 0 aliphatic rings. The van der Waals surface area contributed by atoms with Gasteiger partial charge in [0.25, 0.3) is 11.5 Å². The van der Waals surface area contributed by atoms with Crippen molar-refractivity contribution < 1.29 is 15.2 Å². The van der Waals surface area contributed by atoms with Gasteiger partial charge in [-0.15, -0.1) is 9.46 Å². The van der Waals surface area contributed by atoms with Gasteiger partial charge in [-0.05, 0) is 0 Å². The van der Waals surface area contributed by atoms with Gasteiger partial charge in [0.05, 0.1) is 7.11 Å². The summed E-state index contributed by atoms with van der Waals surface area (Å²) in [5.41, 5.74) is 4.63. The summed E-state index contributed by atoms with van der Waals surface area (Å²) in [7, 11) is 1.26. The third-order valence-electron chi connectivity index (χ3n) is 1.23. The molecule has 1 aromatic heterocycles. The molecule has 0 saturated heterocycles. The van der Waals surface area contributed by atoms with Crippen LogP contribution in [0.4, 0.5) is 5.82 Å². The van der Waals surface area contributed by atoms with E-state index in [4.69, 9.17) is 21.6 Å². The second kappa shape index (κ2) is 2.11. The van der Waals surface area contributed by atoms with Crippen molar-refractivity contribution in [2.75, 3.05) is 12.8 Å². The first-order chi connectivity index (χ1) is 5.09. The summed E-state index contributed by atoms with van der Waals surface area (Å²) < 4.78 is 5.20. The molecule has 0 aliphatic carbocycles. The number of nitrogens with one attached hydrogen (secondary N) is 1. The van der Waals surface area contributed by atoms with E-state index >= 15 is 0 Å². The van der Waals surface area contributed by atoms with Crippen LogP contribution in [0.1, 0.15) is 0 Å². The quantitative estimate of drug-likeness (QED) is 0.388. The molecule has 0 saturated carbocycles. The maximum atomic E-state index is 8.94. The van der Waals surface area contributed by atoms with E-state index in [1.807, 2.05) is 0 Å². The van der Waals surface area contributed by atoms with Crippen molar-refractivity contribution in [2.45, 2.75) is 0 Å². The molecule has 1 heterocycles. The molecule has 7 heteroatoms. The lowest BCUT2D eigenvalue weighted by molar-refractivity contribution is 0.112. The van der Waals surface area contributed by atoms with E-state index in [1.165, 1.54) is 7.11 Å². The van der Waals surface area contributed by atoms with Gasteiger partial charge in [0.2, 0.25) is 5.82 Å². The monoisotopic (exact) mass is 160 g/mol. The number of nitrogens with zero attached hydrogens (tertiary/aromatic N) is 2. The molecule has 62 valence electrons. The van der Waals surface area contributed by atoms with Gasteiger partial charge in [-0.25, -0.2) is 0 Å². The number of rotatable bonds is 1. The van der Waals surface area contributed by atoms with Crippen LogP contribution in [-0.2, 0) is 0 Å². The zero-order chi connectivity index (χ0) is 8.59. The lowest BCUT2D eigenvalue weighted by Gasteiger charge is -1.97. The minimum Gasteiger partial charge on any atom is -0.477 e. The Labute approximate surface area is 61.3 Å². The van der Waals surface area contributed by atoms with Crippen LogP contribution in [-0.4, -0.2) is 27.0 Å². The first-order valence-electron chi connectivity index (χ1n) is 2.70. The summed E-state index contributed by atoms with van der Waals surface area (Å²) in [5, 5.41) is 24.8. The van der Waals surface area contributed by atoms with Gasteiger partial charge in [0.1, 0.15) is 0 Å². The number of imidazole rings is 1. The SMILES string of the molecule is COc1c(N)n(O)c(=N)n1O. The van der Waals surface area contributed by atoms with Gasteiger partial charge < -0.3 is 20.9 Å². The van der Waals surface area contributed by atoms with Crippen LogP contribution in [0.25, 0.3) is 0 Å². The minimum atomic E-state index is -0.570. The Kier molecular flexibility index (Phi) is 1.41. The third kappa shape index (κ3) is 0.775. The van der Waals surface area contributed by atoms with Crippen molar-refractivity contribution in [1.29, 1.82) is 5.41 Å².